The molecule has 0 amide bonds. The fourth-order valence-corrected chi connectivity index (χ4v) is 1.17. The summed E-state index contributed by atoms with van der Waals surface area (Å²) in [6.07, 6.45) is 0.593. The lowest BCUT2D eigenvalue weighted by Crippen LogP contribution is -1.85. The molecule has 0 saturated heterocycles. The first kappa shape index (κ1) is 9.05. The van der Waals surface area contributed by atoms with E-state index in [-0.39, 0.29) is 15.6 Å². The number of rotatable bonds is 1. The van der Waals surface area contributed by atoms with Crippen LogP contribution in [0.2, 0.25) is 10.0 Å². The van der Waals surface area contributed by atoms with E-state index < -0.39 is 0 Å². The van der Waals surface area contributed by atoms with Gasteiger partial charge in [-0.15, -0.1) is 0 Å². The fraction of sp³-hybridized carbons (Fsp3) is 0. The highest BCUT2D eigenvalue weighted by Gasteiger charge is 2.08. The van der Waals surface area contributed by atoms with Gasteiger partial charge in [0.2, 0.25) is 0 Å². The molecule has 0 bridgehead atoms. The van der Waals surface area contributed by atoms with Gasteiger partial charge < -0.3 is 0 Å². The van der Waals surface area contributed by atoms with E-state index in [0.717, 1.165) is 0 Å². The largest absolute Gasteiger partial charge is 0.298 e. The predicted molar refractivity (Wildman–Crippen MR) is 46.6 cm³/mol. The predicted octanol–water partition coefficient (Wildman–Crippen LogP) is 2.68. The molecule has 60 valence electrons. The van der Waals surface area contributed by atoms with Crippen LogP contribution in [0.4, 0.5) is 0 Å². The van der Waals surface area contributed by atoms with Gasteiger partial charge in [0.25, 0.3) is 0 Å². The van der Waals surface area contributed by atoms with Gasteiger partial charge in [-0.3, -0.25) is 4.79 Å². The standard InChI is InChI=1S/C8H3Cl2NO/c9-7-5(3-11)1-2-6(4-12)8(7)10/h1-2,4H. The van der Waals surface area contributed by atoms with Crippen molar-refractivity contribution >= 4 is 29.5 Å². The maximum Gasteiger partial charge on any atom is 0.151 e. The summed E-state index contributed by atoms with van der Waals surface area (Å²) in [6.45, 7) is 0. The second kappa shape index (κ2) is 3.57. The van der Waals surface area contributed by atoms with E-state index in [1.165, 1.54) is 12.1 Å². The fourth-order valence-electron chi connectivity index (χ4n) is 0.742. The summed E-state index contributed by atoms with van der Waals surface area (Å²) in [5.74, 6) is 0. The number of carbonyl (C=O) groups excluding carboxylic acids is 1. The van der Waals surface area contributed by atoms with Crippen molar-refractivity contribution in [2.24, 2.45) is 0 Å². The zero-order chi connectivity index (χ0) is 9.14. The Kier molecular flexibility index (Phi) is 2.69. The number of halogens is 2. The Morgan fingerprint density at radius 3 is 2.50 bits per heavy atom. The minimum Gasteiger partial charge on any atom is -0.298 e. The Bertz CT molecular complexity index is 368. The van der Waals surface area contributed by atoms with Gasteiger partial charge in [-0.05, 0) is 12.1 Å². The van der Waals surface area contributed by atoms with Crippen molar-refractivity contribution in [3.8, 4) is 6.07 Å². The zero-order valence-corrected chi connectivity index (χ0v) is 7.36. The maximum absolute atomic E-state index is 10.4. The number of hydrogen-bond donors (Lipinski definition) is 0. The summed E-state index contributed by atoms with van der Waals surface area (Å²) >= 11 is 11.3. The van der Waals surface area contributed by atoms with Crippen molar-refractivity contribution in [2.75, 3.05) is 0 Å². The number of nitrogens with zero attached hydrogens (tertiary/aromatic N) is 1. The van der Waals surface area contributed by atoms with Crippen LogP contribution in [0.15, 0.2) is 12.1 Å². The van der Waals surface area contributed by atoms with Crippen LogP contribution in [0.25, 0.3) is 0 Å². The quantitative estimate of drug-likeness (QED) is 0.653. The van der Waals surface area contributed by atoms with Crippen LogP contribution >= 0.6 is 23.2 Å². The van der Waals surface area contributed by atoms with Crippen molar-refractivity contribution in [3.05, 3.63) is 33.3 Å². The van der Waals surface area contributed by atoms with E-state index >= 15 is 0 Å². The molecular formula is C8H3Cl2NO. The van der Waals surface area contributed by atoms with Crippen LogP contribution in [0.5, 0.6) is 0 Å². The van der Waals surface area contributed by atoms with E-state index in [4.69, 9.17) is 28.5 Å². The first-order valence-corrected chi connectivity index (χ1v) is 3.79. The number of nitriles is 1. The summed E-state index contributed by atoms with van der Waals surface area (Å²) in [5.41, 5.74) is 0.563. The van der Waals surface area contributed by atoms with E-state index in [1.54, 1.807) is 0 Å². The topological polar surface area (TPSA) is 40.9 Å². The normalized spacial score (nSPS) is 9.08. The van der Waals surface area contributed by atoms with Gasteiger partial charge in [-0.25, -0.2) is 0 Å². The van der Waals surface area contributed by atoms with Crippen LogP contribution in [0, 0.1) is 11.3 Å². The summed E-state index contributed by atoms with van der Waals surface area (Å²) in [4.78, 5) is 10.4. The Balaban J connectivity index is 3.41. The lowest BCUT2D eigenvalue weighted by molar-refractivity contribution is 0.112. The Labute approximate surface area is 79.3 Å². The van der Waals surface area contributed by atoms with Gasteiger partial charge >= 0.3 is 0 Å². The Morgan fingerprint density at radius 2 is 2.00 bits per heavy atom. The molecule has 0 aliphatic carbocycles. The van der Waals surface area contributed by atoms with Gasteiger partial charge in [0.05, 0.1) is 15.6 Å². The lowest BCUT2D eigenvalue weighted by atomic mass is 10.1. The van der Waals surface area contributed by atoms with Gasteiger partial charge in [0.1, 0.15) is 6.07 Å². The maximum atomic E-state index is 10.4. The zero-order valence-electron chi connectivity index (χ0n) is 5.84. The van der Waals surface area contributed by atoms with Crippen molar-refractivity contribution in [1.82, 2.24) is 0 Å². The van der Waals surface area contributed by atoms with Crippen LogP contribution < -0.4 is 0 Å². The molecular weight excluding hydrogens is 197 g/mol. The van der Waals surface area contributed by atoms with Gasteiger partial charge in [-0.2, -0.15) is 5.26 Å². The van der Waals surface area contributed by atoms with E-state index in [2.05, 4.69) is 0 Å². The van der Waals surface area contributed by atoms with E-state index in [0.29, 0.717) is 11.8 Å². The first-order valence-electron chi connectivity index (χ1n) is 3.04. The van der Waals surface area contributed by atoms with Crippen molar-refractivity contribution in [2.45, 2.75) is 0 Å². The molecule has 0 N–H and O–H groups in total. The molecule has 0 aliphatic heterocycles. The number of aldehydes is 1. The van der Waals surface area contributed by atoms with Crippen molar-refractivity contribution in [1.29, 1.82) is 5.26 Å². The van der Waals surface area contributed by atoms with Crippen molar-refractivity contribution < 1.29 is 4.79 Å². The number of benzene rings is 1. The SMILES string of the molecule is N#Cc1ccc(C=O)c(Cl)c1Cl. The first-order chi connectivity index (χ1) is 5.70. The molecule has 0 fully saturated rings. The molecule has 0 radical (unpaired) electrons. The van der Waals surface area contributed by atoms with Gasteiger partial charge in [0.15, 0.2) is 6.29 Å². The van der Waals surface area contributed by atoms with Crippen LogP contribution in [-0.4, -0.2) is 6.29 Å². The number of carbonyl (C=O) groups is 1. The smallest absolute Gasteiger partial charge is 0.151 e. The van der Waals surface area contributed by atoms with E-state index in [9.17, 15) is 4.79 Å². The minimum absolute atomic E-state index is 0.128. The van der Waals surface area contributed by atoms with Crippen LogP contribution in [-0.2, 0) is 0 Å². The Morgan fingerprint density at radius 1 is 1.33 bits per heavy atom. The highest BCUT2D eigenvalue weighted by atomic mass is 35.5. The molecule has 0 atom stereocenters. The minimum atomic E-state index is 0.128. The molecule has 0 aromatic heterocycles. The molecule has 1 aromatic carbocycles. The second-order valence-corrected chi connectivity index (χ2v) is 2.82. The summed E-state index contributed by atoms with van der Waals surface area (Å²) in [6, 6.07) is 4.77. The third kappa shape index (κ3) is 1.42. The third-order valence-corrected chi connectivity index (χ3v) is 2.26. The highest BCUT2D eigenvalue weighted by molar-refractivity contribution is 6.44. The van der Waals surface area contributed by atoms with Gasteiger partial charge in [0, 0.05) is 5.56 Å². The Hall–Kier alpha value is -1.04. The number of hydrogen-bond acceptors (Lipinski definition) is 2. The lowest BCUT2D eigenvalue weighted by Gasteiger charge is -1.99. The molecule has 0 heterocycles. The molecule has 0 saturated carbocycles. The van der Waals surface area contributed by atoms with Gasteiger partial charge in [-0.1, -0.05) is 23.2 Å². The summed E-state index contributed by atoms with van der Waals surface area (Å²) in [7, 11) is 0. The molecule has 1 aromatic rings. The molecule has 1 rings (SSSR count). The third-order valence-electron chi connectivity index (χ3n) is 1.36. The summed E-state index contributed by atoms with van der Waals surface area (Å²) in [5, 5.41) is 8.78. The van der Waals surface area contributed by atoms with Crippen LogP contribution in [0.1, 0.15) is 15.9 Å². The average Bonchev–Trinajstić information content (AvgIpc) is 2.10. The molecule has 2 nitrogen and oxygen atoms in total. The van der Waals surface area contributed by atoms with E-state index in [1.807, 2.05) is 6.07 Å². The molecule has 0 spiro atoms. The summed E-state index contributed by atoms with van der Waals surface area (Å²) < 4.78 is 0. The van der Waals surface area contributed by atoms with Crippen molar-refractivity contribution in [3.63, 3.8) is 0 Å². The molecule has 4 heteroatoms. The molecule has 0 aliphatic rings. The average molecular weight is 200 g/mol. The monoisotopic (exact) mass is 199 g/mol. The molecule has 12 heavy (non-hydrogen) atoms. The highest BCUT2D eigenvalue weighted by Crippen LogP contribution is 2.27. The van der Waals surface area contributed by atoms with Crippen LogP contribution in [0.3, 0.4) is 0 Å². The molecule has 0 unspecified atom stereocenters. The second-order valence-electron chi connectivity index (χ2n) is 2.06.